The number of nitrogens with two attached hydrogens (primary N) is 1. The van der Waals surface area contributed by atoms with Crippen molar-refractivity contribution in [2.45, 2.75) is 25.7 Å². The number of carbonyl (C=O) groups is 1. The molecule has 0 saturated carbocycles. The molecular weight excluding hydrogens is 235 g/mol. The van der Waals surface area contributed by atoms with Gasteiger partial charge < -0.3 is 15.7 Å². The third kappa shape index (κ3) is 2.39. The molecule has 1 aromatic rings. The van der Waals surface area contributed by atoms with E-state index in [2.05, 4.69) is 0 Å². The van der Waals surface area contributed by atoms with E-state index in [-0.39, 0.29) is 11.7 Å². The first-order valence-electron chi connectivity index (χ1n) is 6.02. The predicted molar refractivity (Wildman–Crippen MR) is 67.1 cm³/mol. The van der Waals surface area contributed by atoms with E-state index in [0.29, 0.717) is 37.2 Å². The van der Waals surface area contributed by atoms with Gasteiger partial charge in [-0.3, -0.25) is 0 Å². The monoisotopic (exact) mass is 252 g/mol. The molecule has 4 nitrogen and oxygen atoms in total. The number of carboxylic acid groups (broad SMARTS) is 1. The Bertz CT molecular complexity index is 468. The van der Waals surface area contributed by atoms with Crippen LogP contribution in [0.2, 0.25) is 0 Å². The quantitative estimate of drug-likeness (QED) is 0.755. The third-order valence-electron chi connectivity index (χ3n) is 3.59. The van der Waals surface area contributed by atoms with Gasteiger partial charge in [0, 0.05) is 18.8 Å². The lowest BCUT2D eigenvalue weighted by Gasteiger charge is -2.30. The smallest absolute Gasteiger partial charge is 0.407 e. The Labute approximate surface area is 105 Å². The van der Waals surface area contributed by atoms with Crippen molar-refractivity contribution in [3.05, 3.63) is 29.1 Å². The minimum absolute atomic E-state index is 0.0832. The van der Waals surface area contributed by atoms with Gasteiger partial charge in [-0.15, -0.1) is 0 Å². The van der Waals surface area contributed by atoms with Crippen LogP contribution >= 0.6 is 0 Å². The number of halogens is 1. The van der Waals surface area contributed by atoms with E-state index in [4.69, 9.17) is 10.8 Å². The molecule has 1 saturated heterocycles. The van der Waals surface area contributed by atoms with Crippen LogP contribution in [0.5, 0.6) is 0 Å². The third-order valence-corrected chi connectivity index (χ3v) is 3.59. The zero-order chi connectivity index (χ0) is 13.3. The van der Waals surface area contributed by atoms with Gasteiger partial charge in [0.15, 0.2) is 0 Å². The summed E-state index contributed by atoms with van der Waals surface area (Å²) in [5.74, 6) is -0.202. The molecule has 0 aromatic heterocycles. The van der Waals surface area contributed by atoms with Gasteiger partial charge in [0.1, 0.15) is 5.82 Å². The Morgan fingerprint density at radius 3 is 2.61 bits per heavy atom. The Hall–Kier alpha value is -1.78. The molecule has 0 radical (unpaired) electrons. The molecule has 0 atom stereocenters. The summed E-state index contributed by atoms with van der Waals surface area (Å²) in [5, 5.41) is 8.87. The summed E-state index contributed by atoms with van der Waals surface area (Å²) in [5.41, 5.74) is 7.64. The van der Waals surface area contributed by atoms with Crippen LogP contribution in [-0.2, 0) is 0 Å². The van der Waals surface area contributed by atoms with Crippen molar-refractivity contribution in [3.63, 3.8) is 0 Å². The Morgan fingerprint density at radius 1 is 1.44 bits per heavy atom. The second kappa shape index (κ2) is 4.84. The molecule has 98 valence electrons. The second-order valence-electron chi connectivity index (χ2n) is 4.77. The number of likely N-dealkylation sites (tertiary alicyclic amines) is 1. The van der Waals surface area contributed by atoms with Crippen LogP contribution in [0, 0.1) is 12.7 Å². The van der Waals surface area contributed by atoms with Gasteiger partial charge in [-0.05, 0) is 42.9 Å². The van der Waals surface area contributed by atoms with Crippen LogP contribution in [-0.4, -0.2) is 29.2 Å². The summed E-state index contributed by atoms with van der Waals surface area (Å²) < 4.78 is 13.9. The second-order valence-corrected chi connectivity index (χ2v) is 4.77. The van der Waals surface area contributed by atoms with E-state index in [1.165, 1.54) is 11.0 Å². The topological polar surface area (TPSA) is 66.6 Å². The van der Waals surface area contributed by atoms with E-state index in [0.717, 1.165) is 5.56 Å². The molecule has 0 bridgehead atoms. The van der Waals surface area contributed by atoms with E-state index in [1.807, 2.05) is 6.92 Å². The van der Waals surface area contributed by atoms with E-state index >= 15 is 0 Å². The molecule has 18 heavy (non-hydrogen) atoms. The van der Waals surface area contributed by atoms with Crippen LogP contribution in [0.25, 0.3) is 0 Å². The minimum atomic E-state index is -0.901. The summed E-state index contributed by atoms with van der Waals surface area (Å²) in [4.78, 5) is 12.2. The maximum Gasteiger partial charge on any atom is 0.407 e. The number of amides is 1. The lowest BCUT2D eigenvalue weighted by Crippen LogP contribution is -2.37. The predicted octanol–water partition coefficient (Wildman–Crippen LogP) is 2.57. The molecule has 2 rings (SSSR count). The Kier molecular flexibility index (Phi) is 3.41. The van der Waals surface area contributed by atoms with Crippen molar-refractivity contribution in [1.29, 1.82) is 0 Å². The molecule has 1 amide bonds. The average molecular weight is 252 g/mol. The standard InChI is InChI=1S/C13H17FN2O2/c1-8-6-10(11(14)7-12(8)15)9-2-4-16(5-3-9)13(17)18/h6-7,9H,2-5,15H2,1H3,(H,17,18). The van der Waals surface area contributed by atoms with Crippen molar-refractivity contribution < 1.29 is 14.3 Å². The van der Waals surface area contributed by atoms with Gasteiger partial charge in [-0.25, -0.2) is 9.18 Å². The highest BCUT2D eigenvalue weighted by molar-refractivity contribution is 5.65. The van der Waals surface area contributed by atoms with Crippen LogP contribution in [0.3, 0.4) is 0 Å². The van der Waals surface area contributed by atoms with Crippen molar-refractivity contribution in [2.75, 3.05) is 18.8 Å². The van der Waals surface area contributed by atoms with Crippen molar-refractivity contribution in [1.82, 2.24) is 4.90 Å². The van der Waals surface area contributed by atoms with Gasteiger partial charge in [-0.1, -0.05) is 6.07 Å². The molecule has 5 heteroatoms. The summed E-state index contributed by atoms with van der Waals surface area (Å²) in [6, 6.07) is 3.14. The highest BCUT2D eigenvalue weighted by Crippen LogP contribution is 2.31. The van der Waals surface area contributed by atoms with Crippen LogP contribution in [0.4, 0.5) is 14.9 Å². The van der Waals surface area contributed by atoms with E-state index in [9.17, 15) is 9.18 Å². The van der Waals surface area contributed by atoms with E-state index < -0.39 is 6.09 Å². The number of rotatable bonds is 1. The lowest BCUT2D eigenvalue weighted by molar-refractivity contribution is 0.132. The maximum atomic E-state index is 13.9. The molecule has 0 spiro atoms. The number of piperidine rings is 1. The molecule has 1 fully saturated rings. The minimum Gasteiger partial charge on any atom is -0.465 e. The lowest BCUT2D eigenvalue weighted by atomic mass is 9.88. The fourth-order valence-electron chi connectivity index (χ4n) is 2.41. The average Bonchev–Trinajstić information content (AvgIpc) is 2.34. The number of hydrogen-bond acceptors (Lipinski definition) is 2. The number of anilines is 1. The van der Waals surface area contributed by atoms with Gasteiger partial charge in [0.05, 0.1) is 0 Å². The number of benzene rings is 1. The van der Waals surface area contributed by atoms with Crippen LogP contribution in [0.1, 0.15) is 29.9 Å². The SMILES string of the molecule is Cc1cc(C2CCN(C(=O)O)CC2)c(F)cc1N. The van der Waals surface area contributed by atoms with Crippen LogP contribution in [0.15, 0.2) is 12.1 Å². The van der Waals surface area contributed by atoms with Crippen LogP contribution < -0.4 is 5.73 Å². The molecule has 3 N–H and O–H groups in total. The normalized spacial score (nSPS) is 16.9. The fraction of sp³-hybridized carbons (Fsp3) is 0.462. The van der Waals surface area contributed by atoms with E-state index in [1.54, 1.807) is 6.07 Å². The highest BCUT2D eigenvalue weighted by atomic mass is 19.1. The first kappa shape index (κ1) is 12.7. The van der Waals surface area contributed by atoms with Crippen molar-refractivity contribution in [2.24, 2.45) is 0 Å². The maximum absolute atomic E-state index is 13.9. The largest absolute Gasteiger partial charge is 0.465 e. The highest BCUT2D eigenvalue weighted by Gasteiger charge is 2.25. The Balaban J connectivity index is 2.15. The first-order valence-corrected chi connectivity index (χ1v) is 6.02. The molecule has 0 unspecified atom stereocenters. The molecule has 1 aliphatic rings. The van der Waals surface area contributed by atoms with Crippen molar-refractivity contribution >= 4 is 11.8 Å². The summed E-state index contributed by atoms with van der Waals surface area (Å²) in [6.45, 7) is 2.77. The molecular formula is C13H17FN2O2. The number of hydrogen-bond donors (Lipinski definition) is 2. The summed E-state index contributed by atoms with van der Waals surface area (Å²) in [7, 11) is 0. The molecule has 1 aromatic carbocycles. The zero-order valence-electron chi connectivity index (χ0n) is 10.3. The summed E-state index contributed by atoms with van der Waals surface area (Å²) in [6.07, 6.45) is 0.418. The molecule has 0 aliphatic carbocycles. The number of aryl methyl sites for hydroxylation is 1. The fourth-order valence-corrected chi connectivity index (χ4v) is 2.41. The summed E-state index contributed by atoms with van der Waals surface area (Å²) >= 11 is 0. The van der Waals surface area contributed by atoms with Gasteiger partial charge in [-0.2, -0.15) is 0 Å². The molecule has 1 aliphatic heterocycles. The van der Waals surface area contributed by atoms with Gasteiger partial charge in [0.25, 0.3) is 0 Å². The van der Waals surface area contributed by atoms with Gasteiger partial charge >= 0.3 is 6.09 Å². The van der Waals surface area contributed by atoms with Gasteiger partial charge in [0.2, 0.25) is 0 Å². The zero-order valence-corrected chi connectivity index (χ0v) is 10.3. The van der Waals surface area contributed by atoms with Crippen molar-refractivity contribution in [3.8, 4) is 0 Å². The number of nitrogens with zero attached hydrogens (tertiary/aromatic N) is 1. The first-order chi connectivity index (χ1) is 8.49. The molecule has 1 heterocycles. The Morgan fingerprint density at radius 2 is 2.06 bits per heavy atom. The number of nitrogen functional groups attached to an aromatic ring is 1.